The van der Waals surface area contributed by atoms with Crippen molar-refractivity contribution in [3.05, 3.63) is 29.3 Å². The van der Waals surface area contributed by atoms with Crippen LogP contribution in [0.5, 0.6) is 5.75 Å². The van der Waals surface area contributed by atoms with Gasteiger partial charge in [0.05, 0.1) is 6.61 Å². The molecule has 0 aliphatic carbocycles. The summed E-state index contributed by atoms with van der Waals surface area (Å²) in [5, 5.41) is 0.843. The van der Waals surface area contributed by atoms with E-state index in [0.29, 0.717) is 13.0 Å². The van der Waals surface area contributed by atoms with Crippen molar-refractivity contribution >= 4 is 21.9 Å². The summed E-state index contributed by atoms with van der Waals surface area (Å²) in [5.41, 5.74) is 2.35. The van der Waals surface area contributed by atoms with Crippen molar-refractivity contribution in [1.29, 1.82) is 0 Å². The number of halogens is 1. The van der Waals surface area contributed by atoms with Gasteiger partial charge in [0.15, 0.2) is 0 Å². The smallest absolute Gasteiger partial charge is 0.306 e. The molecule has 5 heteroatoms. The van der Waals surface area contributed by atoms with Crippen LogP contribution in [0.1, 0.15) is 44.7 Å². The van der Waals surface area contributed by atoms with Gasteiger partial charge in [-0.25, -0.2) is 0 Å². The predicted molar refractivity (Wildman–Crippen MR) is 99.8 cm³/mol. The van der Waals surface area contributed by atoms with Crippen molar-refractivity contribution < 1.29 is 14.3 Å². The largest absolute Gasteiger partial charge is 0.493 e. The number of esters is 1. The lowest BCUT2D eigenvalue weighted by atomic mass is 9.99. The van der Waals surface area contributed by atoms with Crippen molar-refractivity contribution in [2.75, 3.05) is 25.0 Å². The second-order valence-electron chi connectivity index (χ2n) is 7.18. The highest BCUT2D eigenvalue weighted by atomic mass is 79.9. The van der Waals surface area contributed by atoms with Gasteiger partial charge in [0.1, 0.15) is 11.4 Å². The molecule has 134 valence electrons. The van der Waals surface area contributed by atoms with E-state index in [2.05, 4.69) is 33.0 Å². The molecule has 1 aliphatic heterocycles. The van der Waals surface area contributed by atoms with E-state index >= 15 is 0 Å². The summed E-state index contributed by atoms with van der Waals surface area (Å²) in [6.07, 6.45) is 2.37. The molecular formula is C19H28BrNO3. The first-order valence-electron chi connectivity index (χ1n) is 8.62. The Morgan fingerprint density at radius 2 is 2.08 bits per heavy atom. The van der Waals surface area contributed by atoms with Gasteiger partial charge >= 0.3 is 5.97 Å². The molecule has 0 unspecified atom stereocenters. The molecule has 0 spiro atoms. The quantitative estimate of drug-likeness (QED) is 0.515. The molecule has 1 aromatic rings. The van der Waals surface area contributed by atoms with E-state index < -0.39 is 5.60 Å². The molecule has 0 amide bonds. The molecule has 0 N–H and O–H groups in total. The van der Waals surface area contributed by atoms with Crippen LogP contribution < -0.4 is 4.74 Å². The van der Waals surface area contributed by atoms with Crippen LogP contribution >= 0.6 is 15.9 Å². The molecule has 0 saturated carbocycles. The molecule has 0 radical (unpaired) electrons. The minimum absolute atomic E-state index is 0.103. The van der Waals surface area contributed by atoms with Crippen LogP contribution in [0.15, 0.2) is 18.2 Å². The number of carbonyl (C=O) groups excluding carboxylic acids is 1. The SMILES string of the molecule is CC(C)(C)OC(=O)CCCN1CCc2cc(OCCBr)ccc2C1. The zero-order chi connectivity index (χ0) is 17.6. The third-order valence-corrected chi connectivity index (χ3v) is 4.21. The number of ether oxygens (including phenoxy) is 2. The third-order valence-electron chi connectivity index (χ3n) is 3.89. The number of benzene rings is 1. The van der Waals surface area contributed by atoms with Crippen molar-refractivity contribution in [2.24, 2.45) is 0 Å². The summed E-state index contributed by atoms with van der Waals surface area (Å²) in [5.74, 6) is 0.847. The molecule has 0 fully saturated rings. The number of hydrogen-bond acceptors (Lipinski definition) is 4. The Morgan fingerprint density at radius 3 is 2.79 bits per heavy atom. The van der Waals surface area contributed by atoms with Gasteiger partial charge in [-0.15, -0.1) is 0 Å². The second kappa shape index (κ2) is 8.86. The average molecular weight is 398 g/mol. The molecule has 1 aliphatic rings. The molecule has 24 heavy (non-hydrogen) atoms. The maximum Gasteiger partial charge on any atom is 0.306 e. The molecule has 0 saturated heterocycles. The molecular weight excluding hydrogens is 370 g/mol. The fraction of sp³-hybridized carbons (Fsp3) is 0.632. The molecule has 1 aromatic carbocycles. The minimum Gasteiger partial charge on any atom is -0.493 e. The van der Waals surface area contributed by atoms with Crippen molar-refractivity contribution in [3.63, 3.8) is 0 Å². The molecule has 0 bridgehead atoms. The lowest BCUT2D eigenvalue weighted by molar-refractivity contribution is -0.155. The van der Waals surface area contributed by atoms with Gasteiger partial charge < -0.3 is 9.47 Å². The summed E-state index contributed by atoms with van der Waals surface area (Å²) >= 11 is 3.38. The third kappa shape index (κ3) is 6.44. The number of fused-ring (bicyclic) bond motifs is 1. The highest BCUT2D eigenvalue weighted by Crippen LogP contribution is 2.24. The van der Waals surface area contributed by atoms with E-state index in [9.17, 15) is 4.79 Å². The van der Waals surface area contributed by atoms with E-state index in [4.69, 9.17) is 9.47 Å². The van der Waals surface area contributed by atoms with Gasteiger partial charge in [-0.3, -0.25) is 9.69 Å². The fourth-order valence-corrected chi connectivity index (χ4v) is 3.03. The monoisotopic (exact) mass is 397 g/mol. The first-order valence-corrected chi connectivity index (χ1v) is 9.74. The van der Waals surface area contributed by atoms with Gasteiger partial charge in [0.25, 0.3) is 0 Å². The van der Waals surface area contributed by atoms with E-state index in [1.165, 1.54) is 11.1 Å². The van der Waals surface area contributed by atoms with Crippen LogP contribution in [-0.4, -0.2) is 41.5 Å². The topological polar surface area (TPSA) is 38.8 Å². The maximum atomic E-state index is 11.8. The Kier molecular flexibility index (Phi) is 7.11. The van der Waals surface area contributed by atoms with Crippen LogP contribution in [-0.2, 0) is 22.5 Å². The fourth-order valence-electron chi connectivity index (χ4n) is 2.86. The van der Waals surface area contributed by atoms with Gasteiger partial charge in [-0.05, 0) is 63.4 Å². The number of rotatable bonds is 7. The standard InChI is InChI=1S/C19H28BrNO3/c1-19(2,3)24-18(22)5-4-10-21-11-8-15-13-17(23-12-9-20)7-6-16(15)14-21/h6-7,13H,4-5,8-12,14H2,1-3H3. The molecule has 0 atom stereocenters. The number of nitrogens with zero attached hydrogens (tertiary/aromatic N) is 1. The summed E-state index contributed by atoms with van der Waals surface area (Å²) < 4.78 is 11.0. The van der Waals surface area contributed by atoms with Gasteiger partial charge in [-0.1, -0.05) is 22.0 Å². The summed E-state index contributed by atoms with van der Waals surface area (Å²) in [6.45, 7) is 9.31. The first kappa shape index (κ1) is 19.3. The van der Waals surface area contributed by atoms with E-state index in [1.54, 1.807) is 0 Å². The second-order valence-corrected chi connectivity index (χ2v) is 7.98. The normalized spacial score (nSPS) is 15.0. The Balaban J connectivity index is 1.77. The van der Waals surface area contributed by atoms with Crippen LogP contribution in [0, 0.1) is 0 Å². The van der Waals surface area contributed by atoms with Crippen LogP contribution in [0.3, 0.4) is 0 Å². The minimum atomic E-state index is -0.393. The summed E-state index contributed by atoms with van der Waals surface area (Å²) in [7, 11) is 0. The summed E-state index contributed by atoms with van der Waals surface area (Å²) in [4.78, 5) is 14.2. The number of alkyl halides is 1. The average Bonchev–Trinajstić information content (AvgIpc) is 2.51. The predicted octanol–water partition coefficient (Wildman–Crippen LogP) is 3.94. The Hall–Kier alpha value is -1.07. The van der Waals surface area contributed by atoms with Gasteiger partial charge in [-0.2, -0.15) is 0 Å². The highest BCUT2D eigenvalue weighted by molar-refractivity contribution is 9.09. The first-order chi connectivity index (χ1) is 11.4. The van der Waals surface area contributed by atoms with E-state index in [0.717, 1.165) is 43.6 Å². The Bertz CT molecular complexity index is 554. The van der Waals surface area contributed by atoms with E-state index in [1.807, 2.05) is 26.8 Å². The lowest BCUT2D eigenvalue weighted by Crippen LogP contribution is -2.32. The molecule has 0 aromatic heterocycles. The summed E-state index contributed by atoms with van der Waals surface area (Å²) in [6, 6.07) is 6.38. The Labute approximate surface area is 153 Å². The Morgan fingerprint density at radius 1 is 1.29 bits per heavy atom. The van der Waals surface area contributed by atoms with Gasteiger partial charge in [0.2, 0.25) is 0 Å². The van der Waals surface area contributed by atoms with Crippen LogP contribution in [0.4, 0.5) is 0 Å². The van der Waals surface area contributed by atoms with Crippen molar-refractivity contribution in [1.82, 2.24) is 4.90 Å². The number of carbonyl (C=O) groups is 1. The molecule has 2 rings (SSSR count). The zero-order valence-electron chi connectivity index (χ0n) is 14.9. The zero-order valence-corrected chi connectivity index (χ0v) is 16.5. The highest BCUT2D eigenvalue weighted by Gasteiger charge is 2.19. The molecule has 1 heterocycles. The van der Waals surface area contributed by atoms with Crippen LogP contribution in [0.2, 0.25) is 0 Å². The van der Waals surface area contributed by atoms with Crippen LogP contribution in [0.25, 0.3) is 0 Å². The molecule has 4 nitrogen and oxygen atoms in total. The lowest BCUT2D eigenvalue weighted by Gasteiger charge is -2.29. The number of hydrogen-bond donors (Lipinski definition) is 0. The maximum absolute atomic E-state index is 11.8. The van der Waals surface area contributed by atoms with Crippen molar-refractivity contribution in [3.8, 4) is 5.75 Å². The van der Waals surface area contributed by atoms with Gasteiger partial charge in [0, 0.05) is 24.8 Å². The van der Waals surface area contributed by atoms with Crippen molar-refractivity contribution in [2.45, 2.75) is 52.2 Å². The van der Waals surface area contributed by atoms with E-state index in [-0.39, 0.29) is 5.97 Å².